The molecule has 3 aromatic rings. The molecule has 0 aliphatic rings. The number of hydrogen-bond donors (Lipinski definition) is 0. The van der Waals surface area contributed by atoms with Crippen molar-refractivity contribution in [3.63, 3.8) is 0 Å². The van der Waals surface area contributed by atoms with Crippen LogP contribution in [0.1, 0.15) is 0 Å². The van der Waals surface area contributed by atoms with E-state index in [4.69, 9.17) is 0 Å². The lowest BCUT2D eigenvalue weighted by atomic mass is 10.1. The minimum absolute atomic E-state index is 1.17. The molecule has 0 spiro atoms. The van der Waals surface area contributed by atoms with E-state index in [2.05, 4.69) is 76.1 Å². The van der Waals surface area contributed by atoms with Gasteiger partial charge in [0.15, 0.2) is 0 Å². The highest BCUT2D eigenvalue weighted by atomic mass is 79.9. The summed E-state index contributed by atoms with van der Waals surface area (Å²) >= 11 is 3.72. The van der Waals surface area contributed by atoms with Crippen LogP contribution in [0.3, 0.4) is 0 Å². The summed E-state index contributed by atoms with van der Waals surface area (Å²) in [7, 11) is 2.11. The monoisotopic (exact) mass is 285 g/mol. The molecular weight excluding hydrogens is 274 g/mol. The van der Waals surface area contributed by atoms with Crippen LogP contribution in [0.4, 0.5) is 0 Å². The largest absolute Gasteiger partial charge is 0.343 e. The average Bonchev–Trinajstić information content (AvgIpc) is 2.64. The Morgan fingerprint density at radius 3 is 2.24 bits per heavy atom. The normalized spacial score (nSPS) is 10.9. The molecule has 0 unspecified atom stereocenters. The van der Waals surface area contributed by atoms with E-state index in [0.717, 1.165) is 0 Å². The van der Waals surface area contributed by atoms with Crippen molar-refractivity contribution in [1.29, 1.82) is 0 Å². The van der Waals surface area contributed by atoms with Gasteiger partial charge in [-0.25, -0.2) is 0 Å². The Bertz CT molecular complexity index is 629. The van der Waals surface area contributed by atoms with Crippen LogP contribution in [0.15, 0.2) is 59.1 Å². The Morgan fingerprint density at radius 1 is 0.882 bits per heavy atom. The van der Waals surface area contributed by atoms with Crippen LogP contribution in [-0.4, -0.2) is 4.57 Å². The molecule has 1 aromatic heterocycles. The van der Waals surface area contributed by atoms with Crippen LogP contribution in [0.25, 0.3) is 22.2 Å². The van der Waals surface area contributed by atoms with E-state index in [1.54, 1.807) is 0 Å². The second-order valence-electron chi connectivity index (χ2n) is 4.10. The zero-order chi connectivity index (χ0) is 11.8. The fourth-order valence-corrected chi connectivity index (χ4v) is 3.09. The smallest absolute Gasteiger partial charge is 0.0633 e. The predicted molar refractivity (Wildman–Crippen MR) is 76.1 cm³/mol. The molecule has 0 radical (unpaired) electrons. The minimum atomic E-state index is 1.17. The van der Waals surface area contributed by atoms with Crippen LogP contribution >= 0.6 is 15.9 Å². The summed E-state index contributed by atoms with van der Waals surface area (Å²) in [6.07, 6.45) is 0. The summed E-state index contributed by atoms with van der Waals surface area (Å²) < 4.78 is 3.40. The highest BCUT2D eigenvalue weighted by Gasteiger charge is 2.13. The minimum Gasteiger partial charge on any atom is -0.343 e. The maximum atomic E-state index is 3.72. The van der Waals surface area contributed by atoms with Crippen LogP contribution in [0.2, 0.25) is 0 Å². The van der Waals surface area contributed by atoms with E-state index in [9.17, 15) is 0 Å². The lowest BCUT2D eigenvalue weighted by Crippen LogP contribution is -1.90. The zero-order valence-electron chi connectivity index (χ0n) is 9.52. The molecule has 0 N–H and O–H groups in total. The molecule has 84 valence electrons. The molecule has 0 aliphatic heterocycles. The molecule has 0 saturated carbocycles. The van der Waals surface area contributed by atoms with Gasteiger partial charge < -0.3 is 4.57 Å². The second-order valence-corrected chi connectivity index (χ2v) is 4.90. The van der Waals surface area contributed by atoms with Gasteiger partial charge in [0.2, 0.25) is 0 Å². The fraction of sp³-hybridized carbons (Fsp3) is 0.0667. The molecule has 3 rings (SSSR count). The van der Waals surface area contributed by atoms with E-state index >= 15 is 0 Å². The van der Waals surface area contributed by atoms with Gasteiger partial charge >= 0.3 is 0 Å². The lowest BCUT2D eigenvalue weighted by molar-refractivity contribution is 0.976. The third-order valence-corrected chi connectivity index (χ3v) is 3.90. The van der Waals surface area contributed by atoms with Crippen LogP contribution in [0, 0.1) is 0 Å². The van der Waals surface area contributed by atoms with E-state index in [0.29, 0.717) is 0 Å². The molecular formula is C15H12BrN. The number of aromatic nitrogens is 1. The molecule has 2 heteroatoms. The van der Waals surface area contributed by atoms with Crippen LogP contribution in [0.5, 0.6) is 0 Å². The van der Waals surface area contributed by atoms with Gasteiger partial charge in [0, 0.05) is 18.0 Å². The number of hydrogen-bond acceptors (Lipinski definition) is 0. The molecule has 0 saturated heterocycles. The Hall–Kier alpha value is -1.54. The van der Waals surface area contributed by atoms with Crippen molar-refractivity contribution in [2.24, 2.45) is 7.05 Å². The molecule has 0 amide bonds. The summed E-state index contributed by atoms with van der Waals surface area (Å²) in [6.45, 7) is 0. The molecule has 1 nitrogen and oxygen atoms in total. The number of nitrogens with zero attached hydrogens (tertiary/aromatic N) is 1. The molecule has 1 heterocycles. The summed E-state index contributed by atoms with van der Waals surface area (Å²) in [5.41, 5.74) is 3.71. The lowest BCUT2D eigenvalue weighted by Gasteiger charge is -2.04. The van der Waals surface area contributed by atoms with E-state index < -0.39 is 0 Å². The van der Waals surface area contributed by atoms with Gasteiger partial charge in [0.1, 0.15) is 0 Å². The Morgan fingerprint density at radius 2 is 1.53 bits per heavy atom. The van der Waals surface area contributed by atoms with Gasteiger partial charge in [0.05, 0.1) is 10.2 Å². The summed E-state index contributed by atoms with van der Waals surface area (Å²) in [5.74, 6) is 0. The molecule has 2 aromatic carbocycles. The molecule has 0 atom stereocenters. The maximum absolute atomic E-state index is 3.72. The first-order chi connectivity index (χ1) is 8.29. The van der Waals surface area contributed by atoms with Gasteiger partial charge in [-0.3, -0.25) is 0 Å². The SMILES string of the molecule is Cn1c(-c2ccccc2)c(Br)c2ccccc21. The fourth-order valence-electron chi connectivity index (χ4n) is 2.26. The highest BCUT2D eigenvalue weighted by Crippen LogP contribution is 2.36. The van der Waals surface area contributed by atoms with Gasteiger partial charge in [-0.15, -0.1) is 0 Å². The molecule has 0 aliphatic carbocycles. The van der Waals surface area contributed by atoms with Crippen LogP contribution < -0.4 is 0 Å². The quantitative estimate of drug-likeness (QED) is 0.615. The summed E-state index contributed by atoms with van der Waals surface area (Å²) in [4.78, 5) is 0. The Balaban J connectivity index is 2.38. The van der Waals surface area contributed by atoms with Crippen molar-refractivity contribution in [1.82, 2.24) is 4.57 Å². The van der Waals surface area contributed by atoms with Crippen molar-refractivity contribution in [3.8, 4) is 11.3 Å². The van der Waals surface area contributed by atoms with E-state index in [1.807, 2.05) is 6.07 Å². The number of fused-ring (bicyclic) bond motifs is 1. The standard InChI is InChI=1S/C15H12BrN/c1-17-13-10-6-5-9-12(13)14(16)15(17)11-7-3-2-4-8-11/h2-10H,1H3. The first kappa shape index (κ1) is 10.6. The van der Waals surface area contributed by atoms with Crippen molar-refractivity contribution < 1.29 is 0 Å². The number of halogens is 1. The van der Waals surface area contributed by atoms with Gasteiger partial charge in [-0.2, -0.15) is 0 Å². The van der Waals surface area contributed by atoms with Crippen molar-refractivity contribution >= 4 is 26.8 Å². The Kier molecular flexibility index (Phi) is 2.52. The van der Waals surface area contributed by atoms with Gasteiger partial charge in [-0.05, 0) is 27.6 Å². The highest BCUT2D eigenvalue weighted by molar-refractivity contribution is 9.10. The number of benzene rings is 2. The van der Waals surface area contributed by atoms with E-state index in [1.165, 1.54) is 26.6 Å². The first-order valence-electron chi connectivity index (χ1n) is 5.57. The van der Waals surface area contributed by atoms with Crippen molar-refractivity contribution in [2.75, 3.05) is 0 Å². The number of rotatable bonds is 1. The van der Waals surface area contributed by atoms with Gasteiger partial charge in [0.25, 0.3) is 0 Å². The third kappa shape index (κ3) is 1.60. The first-order valence-corrected chi connectivity index (χ1v) is 6.36. The average molecular weight is 286 g/mol. The molecule has 0 fully saturated rings. The molecule has 17 heavy (non-hydrogen) atoms. The number of para-hydroxylation sites is 1. The third-order valence-electron chi connectivity index (χ3n) is 3.09. The van der Waals surface area contributed by atoms with Crippen molar-refractivity contribution in [2.45, 2.75) is 0 Å². The summed E-state index contributed by atoms with van der Waals surface area (Å²) in [5, 5.41) is 1.26. The van der Waals surface area contributed by atoms with Crippen LogP contribution in [-0.2, 0) is 7.05 Å². The number of aryl methyl sites for hydroxylation is 1. The zero-order valence-corrected chi connectivity index (χ0v) is 11.1. The topological polar surface area (TPSA) is 4.93 Å². The summed E-state index contributed by atoms with van der Waals surface area (Å²) in [6, 6.07) is 18.9. The molecule has 0 bridgehead atoms. The Labute approximate surface area is 109 Å². The van der Waals surface area contributed by atoms with E-state index in [-0.39, 0.29) is 0 Å². The van der Waals surface area contributed by atoms with Crippen molar-refractivity contribution in [3.05, 3.63) is 59.1 Å². The predicted octanol–water partition coefficient (Wildman–Crippen LogP) is 4.61. The van der Waals surface area contributed by atoms with Gasteiger partial charge in [-0.1, -0.05) is 48.5 Å². The maximum Gasteiger partial charge on any atom is 0.0633 e. The second kappa shape index (κ2) is 4.04.